The molecule has 0 aromatic heterocycles. The van der Waals surface area contributed by atoms with E-state index in [1.54, 1.807) is 6.08 Å². The molecule has 3 aromatic carbocycles. The van der Waals surface area contributed by atoms with E-state index in [9.17, 15) is 4.79 Å². The van der Waals surface area contributed by atoms with Crippen molar-refractivity contribution >= 4 is 65.7 Å². The Labute approximate surface area is 205 Å². The van der Waals surface area contributed by atoms with Crippen LogP contribution in [0.5, 0.6) is 5.75 Å². The van der Waals surface area contributed by atoms with Crippen molar-refractivity contribution in [1.29, 1.82) is 0 Å². The number of esters is 1. The molecule has 1 heterocycles. The molecule has 31 heavy (non-hydrogen) atoms. The van der Waals surface area contributed by atoms with E-state index < -0.39 is 5.97 Å². The van der Waals surface area contributed by atoms with Gasteiger partial charge in [-0.2, -0.15) is 0 Å². The Morgan fingerprint density at radius 2 is 1.65 bits per heavy atom. The number of benzene rings is 3. The highest BCUT2D eigenvalue weighted by atomic mass is 79.9. The fourth-order valence-electron chi connectivity index (χ4n) is 3.04. The molecule has 0 fully saturated rings. The lowest BCUT2D eigenvalue weighted by Crippen LogP contribution is -2.05. The second-order valence-electron chi connectivity index (χ2n) is 6.84. The first-order valence-electron chi connectivity index (χ1n) is 9.36. The van der Waals surface area contributed by atoms with Gasteiger partial charge in [0, 0.05) is 4.47 Å². The largest absolute Gasteiger partial charge is 0.487 e. The lowest BCUT2D eigenvalue weighted by Gasteiger charge is -2.12. The van der Waals surface area contributed by atoms with E-state index in [0.29, 0.717) is 12.4 Å². The predicted molar refractivity (Wildman–Crippen MR) is 132 cm³/mol. The van der Waals surface area contributed by atoms with Crippen molar-refractivity contribution in [2.24, 2.45) is 4.99 Å². The van der Waals surface area contributed by atoms with Gasteiger partial charge < -0.3 is 9.47 Å². The number of aliphatic imine (C=N–C) groups is 1. The van der Waals surface area contributed by atoms with Gasteiger partial charge in [-0.1, -0.05) is 36.4 Å². The second-order valence-corrected chi connectivity index (χ2v) is 9.41. The summed E-state index contributed by atoms with van der Waals surface area (Å²) in [6.07, 6.45) is 1.69. The summed E-state index contributed by atoms with van der Waals surface area (Å²) in [5.74, 6) is 0.481. The summed E-state index contributed by atoms with van der Waals surface area (Å²) in [5, 5.41) is 0. The van der Waals surface area contributed by atoms with Crippen molar-refractivity contribution in [2.45, 2.75) is 13.5 Å². The molecule has 0 spiro atoms. The molecule has 0 bridgehead atoms. The molecule has 0 unspecified atom stereocenters. The maximum absolute atomic E-state index is 12.3. The first-order chi connectivity index (χ1) is 14.9. The van der Waals surface area contributed by atoms with Gasteiger partial charge in [-0.25, -0.2) is 9.79 Å². The van der Waals surface area contributed by atoms with Crippen LogP contribution in [0.1, 0.15) is 22.3 Å². The number of rotatable bonds is 5. The molecule has 0 amide bonds. The Balaban J connectivity index is 1.58. The summed E-state index contributed by atoms with van der Waals surface area (Å²) < 4.78 is 13.7. The fourth-order valence-corrected chi connectivity index (χ4v) is 4.94. The van der Waals surface area contributed by atoms with Crippen LogP contribution >= 0.6 is 47.8 Å². The summed E-state index contributed by atoms with van der Waals surface area (Å²) in [6.45, 7) is 2.51. The summed E-state index contributed by atoms with van der Waals surface area (Å²) in [5.41, 5.74) is 4.04. The van der Waals surface area contributed by atoms with E-state index in [-0.39, 0.29) is 11.6 Å². The number of nitrogens with zero attached hydrogens (tertiary/aromatic N) is 1. The zero-order chi connectivity index (χ0) is 22.0. The Hall–Kier alpha value is -2.22. The van der Waals surface area contributed by atoms with Gasteiger partial charge >= 0.3 is 5.97 Å². The molecule has 7 heteroatoms. The van der Waals surface area contributed by atoms with E-state index >= 15 is 0 Å². The minimum absolute atomic E-state index is 0.234. The molecule has 4 rings (SSSR count). The maximum Gasteiger partial charge on any atom is 0.363 e. The van der Waals surface area contributed by atoms with Crippen LogP contribution in [-0.4, -0.2) is 11.9 Å². The van der Waals surface area contributed by atoms with E-state index in [0.717, 1.165) is 30.1 Å². The topological polar surface area (TPSA) is 47.9 Å². The van der Waals surface area contributed by atoms with Crippen molar-refractivity contribution in [3.8, 4) is 5.75 Å². The van der Waals surface area contributed by atoms with E-state index in [4.69, 9.17) is 9.47 Å². The Morgan fingerprint density at radius 1 is 0.968 bits per heavy atom. The van der Waals surface area contributed by atoms with Gasteiger partial charge in [-0.05, 0) is 102 Å². The maximum atomic E-state index is 12.3. The molecule has 1 aliphatic heterocycles. The molecule has 0 N–H and O–H groups in total. The number of hydrogen-bond acceptors (Lipinski definition) is 4. The molecule has 0 aliphatic carbocycles. The van der Waals surface area contributed by atoms with Crippen molar-refractivity contribution in [1.82, 2.24) is 0 Å². The van der Waals surface area contributed by atoms with Crippen LogP contribution in [0.2, 0.25) is 0 Å². The van der Waals surface area contributed by atoms with E-state index in [1.165, 1.54) is 5.56 Å². The monoisotopic (exact) mass is 603 g/mol. The van der Waals surface area contributed by atoms with Crippen LogP contribution in [-0.2, 0) is 16.1 Å². The highest BCUT2D eigenvalue weighted by Gasteiger charge is 2.25. The smallest absolute Gasteiger partial charge is 0.363 e. The van der Waals surface area contributed by atoms with Crippen molar-refractivity contribution in [2.75, 3.05) is 0 Å². The highest BCUT2D eigenvalue weighted by molar-refractivity contribution is 9.11. The number of ether oxygens (including phenoxy) is 2. The Bertz CT molecular complexity index is 1210. The molecular formula is C24H16Br3NO3. The van der Waals surface area contributed by atoms with Crippen molar-refractivity contribution in [3.05, 3.63) is 102 Å². The van der Waals surface area contributed by atoms with E-state index in [2.05, 4.69) is 65.8 Å². The number of carbonyl (C=O) groups is 1. The van der Waals surface area contributed by atoms with Gasteiger partial charge in [0.05, 0.1) is 14.5 Å². The third-order valence-corrected chi connectivity index (χ3v) is 6.55. The summed E-state index contributed by atoms with van der Waals surface area (Å²) in [4.78, 5) is 16.7. The van der Waals surface area contributed by atoms with Gasteiger partial charge in [0.25, 0.3) is 0 Å². The van der Waals surface area contributed by atoms with Gasteiger partial charge in [-0.3, -0.25) is 0 Å². The minimum atomic E-state index is -0.488. The minimum Gasteiger partial charge on any atom is -0.487 e. The summed E-state index contributed by atoms with van der Waals surface area (Å²) in [6, 6.07) is 19.3. The van der Waals surface area contributed by atoms with Crippen LogP contribution in [0.15, 0.2) is 84.8 Å². The Morgan fingerprint density at radius 3 is 2.35 bits per heavy atom. The van der Waals surface area contributed by atoms with E-state index in [1.807, 2.05) is 54.6 Å². The lowest BCUT2D eigenvalue weighted by atomic mass is 10.1. The predicted octanol–water partition coefficient (Wildman–Crippen LogP) is 7.21. The Kier molecular flexibility index (Phi) is 6.74. The zero-order valence-corrected chi connectivity index (χ0v) is 21.1. The first kappa shape index (κ1) is 22.0. The molecule has 0 saturated heterocycles. The first-order valence-corrected chi connectivity index (χ1v) is 11.7. The second kappa shape index (κ2) is 9.51. The number of cyclic esters (lactones) is 1. The number of hydrogen-bond donors (Lipinski definition) is 0. The lowest BCUT2D eigenvalue weighted by molar-refractivity contribution is -0.129. The van der Waals surface area contributed by atoms with Crippen molar-refractivity contribution < 1.29 is 14.3 Å². The highest BCUT2D eigenvalue weighted by Crippen LogP contribution is 2.36. The van der Waals surface area contributed by atoms with Crippen LogP contribution in [0.25, 0.3) is 6.08 Å². The average Bonchev–Trinajstić information content (AvgIpc) is 3.09. The van der Waals surface area contributed by atoms with Gasteiger partial charge in [0.1, 0.15) is 12.4 Å². The molecule has 0 saturated carbocycles. The normalized spacial score (nSPS) is 14.5. The van der Waals surface area contributed by atoms with Crippen molar-refractivity contribution in [3.63, 3.8) is 0 Å². The van der Waals surface area contributed by atoms with Gasteiger partial charge in [-0.15, -0.1) is 0 Å². The van der Waals surface area contributed by atoms with Crippen LogP contribution in [0.3, 0.4) is 0 Å². The van der Waals surface area contributed by atoms with Gasteiger partial charge in [0.2, 0.25) is 5.90 Å². The average molecular weight is 606 g/mol. The van der Waals surface area contributed by atoms with Crippen LogP contribution < -0.4 is 4.74 Å². The number of halogens is 3. The standard InChI is InChI=1S/C24H16Br3NO3/c1-14-6-2-3-7-16(14)13-30-22-19(26)10-15(11-20(22)27)12-21-24(29)31-23(28-21)17-8-4-5-9-18(17)25/h2-12H,13H2,1H3/b21-12-. The zero-order valence-electron chi connectivity index (χ0n) is 16.4. The molecular weight excluding hydrogens is 590 g/mol. The quantitative estimate of drug-likeness (QED) is 0.228. The number of aryl methyl sites for hydroxylation is 1. The SMILES string of the molecule is Cc1ccccc1COc1c(Br)cc(/C=C2\N=C(c3ccccc3Br)OC2=O)cc1Br. The van der Waals surface area contributed by atoms with Crippen LogP contribution in [0, 0.1) is 6.92 Å². The molecule has 156 valence electrons. The molecule has 4 nitrogen and oxygen atoms in total. The third-order valence-electron chi connectivity index (χ3n) is 4.68. The number of carbonyl (C=O) groups excluding carboxylic acids is 1. The fraction of sp³-hybridized carbons (Fsp3) is 0.0833. The molecule has 3 aromatic rings. The molecule has 0 atom stereocenters. The summed E-state index contributed by atoms with van der Waals surface area (Å²) in [7, 11) is 0. The molecule has 1 aliphatic rings. The summed E-state index contributed by atoms with van der Waals surface area (Å²) >= 11 is 10.6. The van der Waals surface area contributed by atoms with Crippen LogP contribution in [0.4, 0.5) is 0 Å². The van der Waals surface area contributed by atoms with Gasteiger partial charge in [0.15, 0.2) is 5.70 Å². The molecule has 0 radical (unpaired) electrons. The third kappa shape index (κ3) is 5.00.